The van der Waals surface area contributed by atoms with E-state index in [4.69, 9.17) is 0 Å². The van der Waals surface area contributed by atoms with Gasteiger partial charge in [-0.25, -0.2) is 0 Å². The zero-order chi connectivity index (χ0) is 10.8. The van der Waals surface area contributed by atoms with Gasteiger partial charge in [-0.1, -0.05) is 31.9 Å². The summed E-state index contributed by atoms with van der Waals surface area (Å²) in [6.45, 7) is 6.05. The second-order valence-electron chi connectivity index (χ2n) is 4.00. The van der Waals surface area contributed by atoms with Gasteiger partial charge in [-0.2, -0.15) is 10.2 Å². The van der Waals surface area contributed by atoms with E-state index in [2.05, 4.69) is 42.1 Å². The molecule has 1 rings (SSSR count). The van der Waals surface area contributed by atoms with E-state index in [1.807, 2.05) is 39.0 Å². The summed E-state index contributed by atoms with van der Waals surface area (Å²) in [5.41, 5.74) is 0.718. The van der Waals surface area contributed by atoms with Gasteiger partial charge in [0.2, 0.25) is 0 Å². The molecule has 14 heavy (non-hydrogen) atoms. The minimum atomic E-state index is -0.130. The molecule has 0 aliphatic carbocycles. The fraction of sp³-hybridized carbons (Fsp3) is 0.400. The molecular formula is C10H12Br2N2. The van der Waals surface area contributed by atoms with Gasteiger partial charge in [-0.3, -0.25) is 0 Å². The molecule has 4 heteroatoms. The van der Waals surface area contributed by atoms with E-state index in [0.29, 0.717) is 0 Å². The Kier molecular flexibility index (Phi) is 3.84. The van der Waals surface area contributed by atoms with Crippen molar-refractivity contribution in [1.82, 2.24) is 0 Å². The molecule has 0 N–H and O–H groups in total. The number of hydrogen-bond acceptors (Lipinski definition) is 2. The van der Waals surface area contributed by atoms with Crippen LogP contribution in [-0.4, -0.2) is 5.54 Å². The second kappa shape index (κ2) is 4.53. The maximum Gasteiger partial charge on any atom is 0.0875 e. The first-order valence-corrected chi connectivity index (χ1v) is 5.84. The Morgan fingerprint density at radius 1 is 1.00 bits per heavy atom. The molecule has 76 valence electrons. The largest absolute Gasteiger partial charge is 0.183 e. The van der Waals surface area contributed by atoms with Gasteiger partial charge in [0.05, 0.1) is 11.2 Å². The standard InChI is InChI=1S/C10H12Br2N2/c1-10(2,3)14-13-9-5-7(11)4-8(12)6-9/h4-6H,1-3H3. The molecular weight excluding hydrogens is 308 g/mol. The molecule has 2 nitrogen and oxygen atoms in total. The lowest BCUT2D eigenvalue weighted by molar-refractivity contribution is 0.552. The van der Waals surface area contributed by atoms with E-state index in [9.17, 15) is 0 Å². The number of nitrogens with zero attached hydrogens (tertiary/aromatic N) is 2. The Morgan fingerprint density at radius 3 is 1.93 bits per heavy atom. The second-order valence-corrected chi connectivity index (χ2v) is 5.83. The van der Waals surface area contributed by atoms with Crippen LogP contribution in [0.3, 0.4) is 0 Å². The SMILES string of the molecule is CC(C)(C)N=Nc1cc(Br)cc(Br)c1. The zero-order valence-electron chi connectivity index (χ0n) is 8.38. The van der Waals surface area contributed by atoms with Crippen molar-refractivity contribution < 1.29 is 0 Å². The number of rotatable bonds is 1. The van der Waals surface area contributed by atoms with E-state index in [0.717, 1.165) is 14.6 Å². The van der Waals surface area contributed by atoms with E-state index < -0.39 is 0 Å². The van der Waals surface area contributed by atoms with Crippen molar-refractivity contribution in [3.63, 3.8) is 0 Å². The van der Waals surface area contributed by atoms with E-state index in [1.165, 1.54) is 0 Å². The molecule has 0 heterocycles. The van der Waals surface area contributed by atoms with Gasteiger partial charge in [-0.15, -0.1) is 0 Å². The number of benzene rings is 1. The van der Waals surface area contributed by atoms with Crippen LogP contribution in [0.4, 0.5) is 5.69 Å². The molecule has 0 amide bonds. The van der Waals surface area contributed by atoms with Gasteiger partial charge in [0.1, 0.15) is 0 Å². The van der Waals surface area contributed by atoms with Crippen LogP contribution in [0.5, 0.6) is 0 Å². The molecule has 0 unspecified atom stereocenters. The highest BCUT2D eigenvalue weighted by Crippen LogP contribution is 2.26. The van der Waals surface area contributed by atoms with Crippen molar-refractivity contribution in [2.24, 2.45) is 10.2 Å². The summed E-state index contributed by atoms with van der Waals surface area (Å²) >= 11 is 6.80. The summed E-state index contributed by atoms with van der Waals surface area (Å²) in [5, 5.41) is 8.36. The minimum absolute atomic E-state index is 0.130. The van der Waals surface area contributed by atoms with Crippen LogP contribution >= 0.6 is 31.9 Å². The molecule has 1 aromatic carbocycles. The first-order chi connectivity index (χ1) is 6.37. The van der Waals surface area contributed by atoms with Crippen molar-refractivity contribution >= 4 is 37.5 Å². The Balaban J connectivity index is 2.92. The van der Waals surface area contributed by atoms with Crippen LogP contribution in [0.2, 0.25) is 0 Å². The number of azo groups is 1. The Labute approximate surface area is 101 Å². The third kappa shape index (κ3) is 4.33. The molecule has 0 saturated heterocycles. The molecule has 0 aromatic heterocycles. The molecule has 0 spiro atoms. The molecule has 0 saturated carbocycles. The zero-order valence-corrected chi connectivity index (χ0v) is 11.6. The fourth-order valence-electron chi connectivity index (χ4n) is 0.805. The Bertz CT molecular complexity index is 333. The maximum absolute atomic E-state index is 4.19. The van der Waals surface area contributed by atoms with Crippen LogP contribution in [0.15, 0.2) is 37.4 Å². The van der Waals surface area contributed by atoms with Gasteiger partial charge >= 0.3 is 0 Å². The predicted molar refractivity (Wildman–Crippen MR) is 66.1 cm³/mol. The van der Waals surface area contributed by atoms with E-state index >= 15 is 0 Å². The van der Waals surface area contributed by atoms with Gasteiger partial charge in [0.25, 0.3) is 0 Å². The van der Waals surface area contributed by atoms with Crippen LogP contribution < -0.4 is 0 Å². The molecule has 1 aromatic rings. The normalized spacial score (nSPS) is 12.4. The maximum atomic E-state index is 4.19. The van der Waals surface area contributed by atoms with Crippen molar-refractivity contribution in [2.75, 3.05) is 0 Å². The smallest absolute Gasteiger partial charge is 0.0875 e. The van der Waals surface area contributed by atoms with Crippen molar-refractivity contribution in [1.29, 1.82) is 0 Å². The van der Waals surface area contributed by atoms with Crippen molar-refractivity contribution in [3.05, 3.63) is 27.1 Å². The van der Waals surface area contributed by atoms with Crippen molar-refractivity contribution in [3.8, 4) is 0 Å². The highest BCUT2D eigenvalue weighted by Gasteiger charge is 2.06. The average Bonchev–Trinajstić information content (AvgIpc) is 1.97. The fourth-order valence-corrected chi connectivity index (χ4v) is 2.07. The van der Waals surface area contributed by atoms with E-state index in [-0.39, 0.29) is 5.54 Å². The first-order valence-electron chi connectivity index (χ1n) is 4.26. The minimum Gasteiger partial charge on any atom is -0.183 e. The Hall–Kier alpha value is -0.220. The van der Waals surface area contributed by atoms with Crippen LogP contribution in [-0.2, 0) is 0 Å². The number of hydrogen-bond donors (Lipinski definition) is 0. The summed E-state index contributed by atoms with van der Waals surface area (Å²) in [5.74, 6) is 0. The molecule has 0 atom stereocenters. The van der Waals surface area contributed by atoms with Gasteiger partial charge in [-0.05, 0) is 39.0 Å². The van der Waals surface area contributed by atoms with Crippen LogP contribution in [0.1, 0.15) is 20.8 Å². The van der Waals surface area contributed by atoms with Gasteiger partial charge in [0, 0.05) is 8.95 Å². The molecule has 0 radical (unpaired) electrons. The summed E-state index contributed by atoms with van der Waals surface area (Å²) in [6.07, 6.45) is 0. The Morgan fingerprint density at radius 2 is 1.50 bits per heavy atom. The quantitative estimate of drug-likeness (QED) is 0.644. The summed E-state index contributed by atoms with van der Waals surface area (Å²) in [7, 11) is 0. The highest BCUT2D eigenvalue weighted by molar-refractivity contribution is 9.11. The molecule has 0 fully saturated rings. The topological polar surface area (TPSA) is 24.7 Å². The van der Waals surface area contributed by atoms with Gasteiger partial charge < -0.3 is 0 Å². The number of halogens is 2. The lowest BCUT2D eigenvalue weighted by Crippen LogP contribution is -2.07. The average molecular weight is 320 g/mol. The summed E-state index contributed by atoms with van der Waals surface area (Å²) in [6, 6.07) is 5.83. The molecule has 0 aliphatic rings. The third-order valence-electron chi connectivity index (χ3n) is 1.31. The first kappa shape index (κ1) is 11.9. The highest BCUT2D eigenvalue weighted by atomic mass is 79.9. The van der Waals surface area contributed by atoms with Crippen molar-refractivity contribution in [2.45, 2.75) is 26.3 Å². The summed E-state index contributed by atoms with van der Waals surface area (Å²) < 4.78 is 1.99. The summed E-state index contributed by atoms with van der Waals surface area (Å²) in [4.78, 5) is 0. The van der Waals surface area contributed by atoms with Gasteiger partial charge in [0.15, 0.2) is 0 Å². The molecule has 0 bridgehead atoms. The van der Waals surface area contributed by atoms with Crippen LogP contribution in [0, 0.1) is 0 Å². The van der Waals surface area contributed by atoms with E-state index in [1.54, 1.807) is 0 Å². The van der Waals surface area contributed by atoms with Crippen LogP contribution in [0.25, 0.3) is 0 Å². The predicted octanol–water partition coefficient (Wildman–Crippen LogP) is 5.09. The lowest BCUT2D eigenvalue weighted by atomic mass is 10.1. The molecule has 0 aliphatic heterocycles. The third-order valence-corrected chi connectivity index (χ3v) is 2.23. The lowest BCUT2D eigenvalue weighted by Gasteiger charge is -2.08. The monoisotopic (exact) mass is 318 g/mol.